The molecule has 1 aromatic carbocycles. The Balaban J connectivity index is 1.80. The number of hydrogen-bond acceptors (Lipinski definition) is 2. The number of amides is 2. The van der Waals surface area contributed by atoms with Gasteiger partial charge < -0.3 is 9.64 Å². The van der Waals surface area contributed by atoms with Gasteiger partial charge in [0.25, 0.3) is 0 Å². The lowest BCUT2D eigenvalue weighted by atomic mass is 9.98. The Morgan fingerprint density at radius 2 is 1.93 bits per heavy atom. The van der Waals surface area contributed by atoms with E-state index in [1.165, 1.54) is 19.3 Å². The van der Waals surface area contributed by atoms with Gasteiger partial charge in [0, 0.05) is 13.5 Å². The molecule has 1 aromatic rings. The number of hydrogen-bond donors (Lipinski definition) is 0. The second kappa shape index (κ2) is 8.64. The Kier molecular flexibility index (Phi) is 6.25. The minimum Gasteiger partial charge on any atom is -0.471 e. The van der Waals surface area contributed by atoms with Gasteiger partial charge >= 0.3 is 6.03 Å². The molecule has 27 heavy (non-hydrogen) atoms. The first kappa shape index (κ1) is 19.5. The van der Waals surface area contributed by atoms with Crippen molar-refractivity contribution in [3.63, 3.8) is 0 Å². The van der Waals surface area contributed by atoms with E-state index in [1.807, 2.05) is 35.0 Å². The molecule has 0 aliphatic carbocycles. The molecule has 0 saturated carbocycles. The lowest BCUT2D eigenvalue weighted by molar-refractivity contribution is 0.00469. The summed E-state index contributed by atoms with van der Waals surface area (Å²) in [6, 6.07) is 10.3. The minimum atomic E-state index is -0.388. The van der Waals surface area contributed by atoms with Crippen LogP contribution >= 0.6 is 0 Å². The summed E-state index contributed by atoms with van der Waals surface area (Å²) >= 11 is 0. The largest absolute Gasteiger partial charge is 0.471 e. The highest BCUT2D eigenvalue weighted by molar-refractivity contribution is 5.78. The van der Waals surface area contributed by atoms with Crippen LogP contribution in [-0.2, 0) is 4.74 Å². The maximum Gasteiger partial charge on any atom is 0.323 e. The lowest BCUT2D eigenvalue weighted by Crippen LogP contribution is -2.43. The zero-order valence-corrected chi connectivity index (χ0v) is 16.9. The van der Waals surface area contributed by atoms with Crippen molar-refractivity contribution in [1.82, 2.24) is 9.80 Å². The molecule has 0 radical (unpaired) electrons. The zero-order chi connectivity index (χ0) is 19.4. The second-order valence-corrected chi connectivity index (χ2v) is 7.71. The van der Waals surface area contributed by atoms with E-state index >= 15 is 0 Å². The molecule has 146 valence electrons. The standard InChI is InChI=1S/C23H32N2O2/c1-5-6-7-11-14-20-16-15-17(2)22(27-20)25-21(18(3)24(4)23(25)26)19-12-9-8-10-13-19/h8-10,12-13,16,18,21-22H,2,5-7,11,14-15H2,1,3-4H3/t18-,21-,22-/m0/s1. The Labute approximate surface area is 163 Å². The summed E-state index contributed by atoms with van der Waals surface area (Å²) in [5.41, 5.74) is 2.09. The van der Waals surface area contributed by atoms with Crippen molar-refractivity contribution in [2.45, 2.75) is 70.7 Å². The first-order valence-corrected chi connectivity index (χ1v) is 10.2. The molecule has 3 rings (SSSR count). The molecule has 4 heteroatoms. The van der Waals surface area contributed by atoms with Gasteiger partial charge in [-0.05, 0) is 37.0 Å². The highest BCUT2D eigenvalue weighted by Gasteiger charge is 2.47. The van der Waals surface area contributed by atoms with Crippen molar-refractivity contribution >= 4 is 6.03 Å². The third kappa shape index (κ3) is 4.05. The number of likely N-dealkylation sites (N-methyl/N-ethyl adjacent to an activating group) is 1. The van der Waals surface area contributed by atoms with Crippen LogP contribution in [0.1, 0.15) is 64.0 Å². The molecular weight excluding hydrogens is 336 g/mol. The number of benzene rings is 1. The molecule has 2 amide bonds. The molecule has 0 bridgehead atoms. The van der Waals surface area contributed by atoms with Crippen LogP contribution in [0, 0.1) is 0 Å². The van der Waals surface area contributed by atoms with E-state index in [4.69, 9.17) is 4.74 Å². The fourth-order valence-electron chi connectivity index (χ4n) is 4.02. The third-order valence-electron chi connectivity index (χ3n) is 5.76. The van der Waals surface area contributed by atoms with Gasteiger partial charge in [0.2, 0.25) is 0 Å². The fourth-order valence-corrected chi connectivity index (χ4v) is 4.02. The smallest absolute Gasteiger partial charge is 0.323 e. The fraction of sp³-hybridized carbons (Fsp3) is 0.522. The van der Waals surface area contributed by atoms with Crippen molar-refractivity contribution in [1.29, 1.82) is 0 Å². The number of unbranched alkanes of at least 4 members (excludes halogenated alkanes) is 3. The van der Waals surface area contributed by atoms with E-state index in [1.54, 1.807) is 0 Å². The van der Waals surface area contributed by atoms with Crippen LogP contribution in [0.25, 0.3) is 0 Å². The Morgan fingerprint density at radius 1 is 1.19 bits per heavy atom. The average Bonchev–Trinajstić information content (AvgIpc) is 2.91. The Morgan fingerprint density at radius 3 is 2.63 bits per heavy atom. The summed E-state index contributed by atoms with van der Waals surface area (Å²) in [5.74, 6) is 1.00. The maximum atomic E-state index is 13.1. The van der Waals surface area contributed by atoms with E-state index in [0.29, 0.717) is 0 Å². The van der Waals surface area contributed by atoms with E-state index in [2.05, 4.69) is 38.6 Å². The monoisotopic (exact) mass is 368 g/mol. The summed E-state index contributed by atoms with van der Waals surface area (Å²) < 4.78 is 6.32. The number of urea groups is 1. The van der Waals surface area contributed by atoms with Crippen molar-refractivity contribution in [2.24, 2.45) is 0 Å². The number of rotatable bonds is 7. The number of carbonyl (C=O) groups is 1. The average molecular weight is 369 g/mol. The predicted molar refractivity (Wildman–Crippen MR) is 109 cm³/mol. The zero-order valence-electron chi connectivity index (χ0n) is 16.9. The highest BCUT2D eigenvalue weighted by atomic mass is 16.5. The van der Waals surface area contributed by atoms with Crippen molar-refractivity contribution < 1.29 is 9.53 Å². The van der Waals surface area contributed by atoms with Crippen LogP contribution in [-0.4, -0.2) is 35.1 Å². The van der Waals surface area contributed by atoms with Crippen molar-refractivity contribution in [2.75, 3.05) is 7.05 Å². The van der Waals surface area contributed by atoms with Crippen LogP contribution < -0.4 is 0 Å². The van der Waals surface area contributed by atoms with Gasteiger partial charge in [0.05, 0.1) is 17.8 Å². The van der Waals surface area contributed by atoms with Crippen LogP contribution in [0.4, 0.5) is 4.79 Å². The van der Waals surface area contributed by atoms with Crippen LogP contribution in [0.3, 0.4) is 0 Å². The van der Waals surface area contributed by atoms with Gasteiger partial charge in [-0.2, -0.15) is 0 Å². The van der Waals surface area contributed by atoms with Crippen molar-refractivity contribution in [3.8, 4) is 0 Å². The molecule has 3 atom stereocenters. The van der Waals surface area contributed by atoms with Gasteiger partial charge in [-0.15, -0.1) is 0 Å². The minimum absolute atomic E-state index is 0.00901. The van der Waals surface area contributed by atoms with Gasteiger partial charge in [0.1, 0.15) is 0 Å². The molecule has 2 heterocycles. The molecule has 4 nitrogen and oxygen atoms in total. The Bertz CT molecular complexity index is 698. The van der Waals surface area contributed by atoms with E-state index in [-0.39, 0.29) is 24.3 Å². The topological polar surface area (TPSA) is 32.8 Å². The molecule has 0 aromatic heterocycles. The molecule has 2 aliphatic heterocycles. The summed E-state index contributed by atoms with van der Waals surface area (Å²) in [7, 11) is 1.87. The van der Waals surface area contributed by atoms with E-state index < -0.39 is 0 Å². The molecule has 1 saturated heterocycles. The maximum absolute atomic E-state index is 13.1. The van der Waals surface area contributed by atoms with Gasteiger partial charge in [0.15, 0.2) is 6.23 Å². The summed E-state index contributed by atoms with van der Waals surface area (Å²) in [6.45, 7) is 8.53. The highest BCUT2D eigenvalue weighted by Crippen LogP contribution is 2.40. The number of allylic oxidation sites excluding steroid dienone is 2. The number of ether oxygens (including phenoxy) is 1. The van der Waals surface area contributed by atoms with E-state index in [9.17, 15) is 4.79 Å². The molecule has 1 fully saturated rings. The third-order valence-corrected chi connectivity index (χ3v) is 5.76. The van der Waals surface area contributed by atoms with Crippen LogP contribution in [0.2, 0.25) is 0 Å². The van der Waals surface area contributed by atoms with E-state index in [0.717, 1.165) is 36.2 Å². The lowest BCUT2D eigenvalue weighted by Gasteiger charge is -2.37. The first-order valence-electron chi connectivity index (χ1n) is 10.2. The molecule has 0 unspecified atom stereocenters. The predicted octanol–water partition coefficient (Wildman–Crippen LogP) is 5.64. The SMILES string of the molecule is C=C1CC=C(CCCCCC)O[C@@H]1N1C(=O)N(C)[C@@H](C)[C@H]1c1ccccc1. The quantitative estimate of drug-likeness (QED) is 0.461. The summed E-state index contributed by atoms with van der Waals surface area (Å²) in [5, 5.41) is 0. The molecular formula is C23H32N2O2. The molecule has 0 spiro atoms. The van der Waals surface area contributed by atoms with Gasteiger partial charge in [-0.1, -0.05) is 63.1 Å². The van der Waals surface area contributed by atoms with Crippen LogP contribution in [0.15, 0.2) is 54.3 Å². The summed E-state index contributed by atoms with van der Waals surface area (Å²) in [6.07, 6.45) is 8.29. The van der Waals surface area contributed by atoms with Gasteiger partial charge in [-0.25, -0.2) is 4.79 Å². The number of carbonyl (C=O) groups excluding carboxylic acids is 1. The van der Waals surface area contributed by atoms with Crippen LogP contribution in [0.5, 0.6) is 0 Å². The summed E-state index contributed by atoms with van der Waals surface area (Å²) in [4.78, 5) is 16.8. The normalized spacial score (nSPS) is 25.6. The second-order valence-electron chi connectivity index (χ2n) is 7.71. The number of nitrogens with zero attached hydrogens (tertiary/aromatic N) is 2. The Hall–Kier alpha value is -2.23. The molecule has 0 N–H and O–H groups in total. The van der Waals surface area contributed by atoms with Crippen molar-refractivity contribution in [3.05, 3.63) is 59.9 Å². The van der Waals surface area contributed by atoms with Gasteiger partial charge in [-0.3, -0.25) is 4.90 Å². The first-order chi connectivity index (χ1) is 13.0. The molecule has 2 aliphatic rings.